The lowest BCUT2D eigenvalue weighted by Crippen LogP contribution is -2.14. The fourth-order valence-corrected chi connectivity index (χ4v) is 3.82. The van der Waals surface area contributed by atoms with Crippen molar-refractivity contribution in [3.8, 4) is 11.3 Å². The zero-order valence-corrected chi connectivity index (χ0v) is 18.9. The molecule has 0 saturated heterocycles. The minimum absolute atomic E-state index is 0.128. The van der Waals surface area contributed by atoms with Gasteiger partial charge >= 0.3 is 0 Å². The summed E-state index contributed by atoms with van der Waals surface area (Å²) in [6, 6.07) is 15.0. The summed E-state index contributed by atoms with van der Waals surface area (Å²) >= 11 is 14.1. The van der Waals surface area contributed by atoms with Gasteiger partial charge in [0.15, 0.2) is 5.16 Å². The molecular formula is C19H14Br2ClN3OS. The number of carbonyl (C=O) groups is 1. The summed E-state index contributed by atoms with van der Waals surface area (Å²) in [7, 11) is 0. The molecule has 1 aromatic heterocycles. The summed E-state index contributed by atoms with van der Waals surface area (Å²) < 4.78 is 1.71. The van der Waals surface area contributed by atoms with Gasteiger partial charge in [0.05, 0.1) is 17.1 Å². The molecule has 1 amide bonds. The average Bonchev–Trinajstić information content (AvgIpc) is 2.63. The van der Waals surface area contributed by atoms with E-state index in [1.54, 1.807) is 0 Å². The quantitative estimate of drug-likeness (QED) is 0.310. The Balaban J connectivity index is 1.69. The van der Waals surface area contributed by atoms with E-state index in [9.17, 15) is 4.79 Å². The lowest BCUT2D eigenvalue weighted by Gasteiger charge is -2.09. The molecular weight excluding hydrogens is 514 g/mol. The maximum Gasteiger partial charge on any atom is 0.234 e. The Bertz CT molecular complexity index is 983. The molecule has 1 N–H and O–H groups in total. The third kappa shape index (κ3) is 5.78. The Labute approximate surface area is 183 Å². The van der Waals surface area contributed by atoms with Crippen molar-refractivity contribution in [1.82, 2.24) is 9.97 Å². The summed E-state index contributed by atoms with van der Waals surface area (Å²) in [5, 5.41) is 4.12. The second-order valence-electron chi connectivity index (χ2n) is 5.65. The number of nitrogens with zero attached hydrogens (tertiary/aromatic N) is 2. The third-order valence-corrected chi connectivity index (χ3v) is 5.79. The summed E-state index contributed by atoms with van der Waals surface area (Å²) in [4.78, 5) is 21.3. The molecule has 4 nitrogen and oxygen atoms in total. The molecule has 27 heavy (non-hydrogen) atoms. The number of hydrogen-bond donors (Lipinski definition) is 1. The van der Waals surface area contributed by atoms with Gasteiger partial charge in [-0.1, -0.05) is 51.4 Å². The van der Waals surface area contributed by atoms with Crippen LogP contribution in [0.1, 0.15) is 5.69 Å². The van der Waals surface area contributed by atoms with Crippen LogP contribution in [0.2, 0.25) is 5.02 Å². The number of anilines is 1. The number of benzene rings is 2. The average molecular weight is 528 g/mol. The number of amides is 1. The molecule has 1 heterocycles. The molecule has 0 aliphatic carbocycles. The third-order valence-electron chi connectivity index (χ3n) is 3.51. The highest BCUT2D eigenvalue weighted by Gasteiger charge is 2.10. The number of halogens is 3. The van der Waals surface area contributed by atoms with E-state index in [1.807, 2.05) is 55.5 Å². The van der Waals surface area contributed by atoms with Crippen LogP contribution in [0.5, 0.6) is 0 Å². The highest BCUT2D eigenvalue weighted by molar-refractivity contribution is 9.11. The number of rotatable bonds is 5. The van der Waals surface area contributed by atoms with E-state index in [2.05, 4.69) is 47.1 Å². The topological polar surface area (TPSA) is 54.9 Å². The molecule has 0 fully saturated rings. The Morgan fingerprint density at radius 3 is 2.59 bits per heavy atom. The SMILES string of the molecule is Cc1cc(-c2ccc(Cl)cc2)nc(SCC(=O)Nc2cc(Br)ccc2Br)n1. The van der Waals surface area contributed by atoms with Crippen molar-refractivity contribution >= 4 is 66.8 Å². The van der Waals surface area contributed by atoms with Gasteiger partial charge in [-0.05, 0) is 59.3 Å². The van der Waals surface area contributed by atoms with E-state index >= 15 is 0 Å². The van der Waals surface area contributed by atoms with E-state index in [1.165, 1.54) is 11.8 Å². The largest absolute Gasteiger partial charge is 0.324 e. The summed E-state index contributed by atoms with van der Waals surface area (Å²) in [5.41, 5.74) is 3.31. The zero-order chi connectivity index (χ0) is 19.4. The molecule has 138 valence electrons. The van der Waals surface area contributed by atoms with Crippen LogP contribution in [-0.4, -0.2) is 21.6 Å². The van der Waals surface area contributed by atoms with Crippen LogP contribution < -0.4 is 5.32 Å². The van der Waals surface area contributed by atoms with Gasteiger partial charge in [-0.15, -0.1) is 0 Å². The van der Waals surface area contributed by atoms with Gasteiger partial charge in [0.25, 0.3) is 0 Å². The lowest BCUT2D eigenvalue weighted by molar-refractivity contribution is -0.113. The van der Waals surface area contributed by atoms with Crippen LogP contribution in [0.15, 0.2) is 62.6 Å². The molecule has 0 spiro atoms. The second-order valence-corrected chi connectivity index (χ2v) is 8.79. The van der Waals surface area contributed by atoms with Crippen molar-refractivity contribution in [2.45, 2.75) is 12.1 Å². The molecule has 3 rings (SSSR count). The van der Waals surface area contributed by atoms with Crippen LogP contribution in [-0.2, 0) is 4.79 Å². The van der Waals surface area contributed by atoms with Gasteiger partial charge < -0.3 is 5.32 Å². The van der Waals surface area contributed by atoms with Gasteiger partial charge in [0.1, 0.15) is 0 Å². The lowest BCUT2D eigenvalue weighted by atomic mass is 10.1. The number of carbonyl (C=O) groups excluding carboxylic acids is 1. The van der Waals surface area contributed by atoms with Gasteiger partial charge in [-0.25, -0.2) is 9.97 Å². The minimum Gasteiger partial charge on any atom is -0.324 e. The molecule has 0 atom stereocenters. The van der Waals surface area contributed by atoms with Crippen molar-refractivity contribution in [3.63, 3.8) is 0 Å². The number of thioether (sulfide) groups is 1. The van der Waals surface area contributed by atoms with Gasteiger partial charge in [0, 0.05) is 25.2 Å². The van der Waals surface area contributed by atoms with Crippen molar-refractivity contribution in [2.24, 2.45) is 0 Å². The standard InChI is InChI=1S/C19H14Br2ClN3OS/c1-11-8-16(12-2-5-14(22)6-3-12)25-19(23-11)27-10-18(26)24-17-9-13(20)4-7-15(17)21/h2-9H,10H2,1H3,(H,24,26). The summed E-state index contributed by atoms with van der Waals surface area (Å²) in [5.74, 6) is 0.0830. The summed E-state index contributed by atoms with van der Waals surface area (Å²) in [6.45, 7) is 1.91. The maximum atomic E-state index is 12.3. The monoisotopic (exact) mass is 525 g/mol. The first kappa shape index (κ1) is 20.3. The van der Waals surface area contributed by atoms with E-state index < -0.39 is 0 Å². The van der Waals surface area contributed by atoms with E-state index in [0.717, 1.165) is 25.9 Å². The highest BCUT2D eigenvalue weighted by Crippen LogP contribution is 2.27. The van der Waals surface area contributed by atoms with Crippen LogP contribution >= 0.6 is 55.2 Å². The maximum absolute atomic E-state index is 12.3. The molecule has 0 aliphatic heterocycles. The molecule has 0 radical (unpaired) electrons. The van der Waals surface area contributed by atoms with E-state index in [0.29, 0.717) is 15.9 Å². The Morgan fingerprint density at radius 2 is 1.85 bits per heavy atom. The van der Waals surface area contributed by atoms with Gasteiger partial charge in [-0.2, -0.15) is 0 Å². The van der Waals surface area contributed by atoms with Crippen LogP contribution in [0, 0.1) is 6.92 Å². The van der Waals surface area contributed by atoms with Crippen molar-refractivity contribution in [2.75, 3.05) is 11.1 Å². The van der Waals surface area contributed by atoms with Gasteiger partial charge in [0.2, 0.25) is 5.91 Å². The van der Waals surface area contributed by atoms with Crippen LogP contribution in [0.25, 0.3) is 11.3 Å². The molecule has 0 aliphatic rings. The first-order valence-electron chi connectivity index (χ1n) is 7.90. The summed E-state index contributed by atoms with van der Waals surface area (Å²) in [6.07, 6.45) is 0. The number of nitrogens with one attached hydrogen (secondary N) is 1. The van der Waals surface area contributed by atoms with Crippen molar-refractivity contribution in [3.05, 3.63) is 68.2 Å². The smallest absolute Gasteiger partial charge is 0.234 e. The van der Waals surface area contributed by atoms with Crippen LogP contribution in [0.4, 0.5) is 5.69 Å². The van der Waals surface area contributed by atoms with E-state index in [-0.39, 0.29) is 11.7 Å². The molecule has 2 aromatic carbocycles. The first-order valence-corrected chi connectivity index (χ1v) is 10.8. The van der Waals surface area contributed by atoms with Crippen LogP contribution in [0.3, 0.4) is 0 Å². The fourth-order valence-electron chi connectivity index (χ4n) is 2.28. The van der Waals surface area contributed by atoms with E-state index in [4.69, 9.17) is 11.6 Å². The number of aryl methyl sites for hydroxylation is 1. The predicted molar refractivity (Wildman–Crippen MR) is 118 cm³/mol. The van der Waals surface area contributed by atoms with Gasteiger partial charge in [-0.3, -0.25) is 4.79 Å². The van der Waals surface area contributed by atoms with Crippen molar-refractivity contribution < 1.29 is 4.79 Å². The zero-order valence-electron chi connectivity index (χ0n) is 14.2. The Hall–Kier alpha value is -1.41. The fraction of sp³-hybridized carbons (Fsp3) is 0.105. The number of aromatic nitrogens is 2. The Morgan fingerprint density at radius 1 is 1.11 bits per heavy atom. The molecule has 0 bridgehead atoms. The molecule has 0 unspecified atom stereocenters. The molecule has 8 heteroatoms. The second kappa shape index (κ2) is 9.19. The first-order chi connectivity index (χ1) is 12.9. The number of hydrogen-bond acceptors (Lipinski definition) is 4. The van der Waals surface area contributed by atoms with Crippen molar-refractivity contribution in [1.29, 1.82) is 0 Å². The minimum atomic E-state index is -0.128. The molecule has 3 aromatic rings. The molecule has 0 saturated carbocycles. The normalized spacial score (nSPS) is 10.7. The highest BCUT2D eigenvalue weighted by atomic mass is 79.9. The predicted octanol–water partition coefficient (Wildman–Crippen LogP) is 6.36. The Kier molecular flexibility index (Phi) is 6.92.